The van der Waals surface area contributed by atoms with Gasteiger partial charge in [0.05, 0.1) is 23.3 Å². The Morgan fingerprint density at radius 2 is 1.04 bits per heavy atom. The highest BCUT2D eigenvalue weighted by Crippen LogP contribution is 2.15. The lowest BCUT2D eigenvalue weighted by atomic mass is 10.1. The van der Waals surface area contributed by atoms with Crippen molar-refractivity contribution in [2.45, 2.75) is 13.8 Å². The van der Waals surface area contributed by atoms with Gasteiger partial charge in [-0.05, 0) is 40.5 Å². The number of hydrogen-bond acceptors (Lipinski definition) is 2. The van der Waals surface area contributed by atoms with Crippen molar-refractivity contribution in [3.8, 4) is 12.1 Å². The van der Waals surface area contributed by atoms with Crippen molar-refractivity contribution in [1.29, 1.82) is 10.5 Å². The van der Waals surface area contributed by atoms with Crippen LogP contribution in [-0.4, -0.2) is 0 Å². The van der Waals surface area contributed by atoms with Gasteiger partial charge in [0.2, 0.25) is 0 Å². The lowest BCUT2D eigenvalue weighted by molar-refractivity contribution is 1.47. The summed E-state index contributed by atoms with van der Waals surface area (Å²) in [5, 5.41) is 17.9. The maximum atomic E-state index is 9.13. The van der Waals surface area contributed by atoms with E-state index in [2.05, 4.69) is 24.3 Å². The van der Waals surface area contributed by atoms with Crippen molar-refractivity contribution in [3.05, 3.63) is 106 Å². The molecule has 0 amide bonds. The molecule has 2 nitrogen and oxygen atoms in total. The van der Waals surface area contributed by atoms with Gasteiger partial charge in [0.15, 0.2) is 0 Å². The lowest BCUT2D eigenvalue weighted by Crippen LogP contribution is -1.80. The van der Waals surface area contributed by atoms with E-state index in [4.69, 9.17) is 10.5 Å². The van der Waals surface area contributed by atoms with Crippen LogP contribution < -0.4 is 0 Å². The summed E-state index contributed by atoms with van der Waals surface area (Å²) in [4.78, 5) is 0. The van der Waals surface area contributed by atoms with E-state index in [1.807, 2.05) is 98.8 Å². The molecular formula is C26H22N2. The Hall–Kier alpha value is -3.88. The topological polar surface area (TPSA) is 47.6 Å². The molecule has 0 unspecified atom stereocenters. The SMILES string of the molecule is CC.N#Cc1ccc(/C=C/c2ccc(/C=C/c3ccccc3C#N)cc2)cc1. The van der Waals surface area contributed by atoms with Crippen molar-refractivity contribution in [2.24, 2.45) is 0 Å². The van der Waals surface area contributed by atoms with Gasteiger partial charge in [-0.1, -0.05) is 92.7 Å². The monoisotopic (exact) mass is 362 g/mol. The van der Waals surface area contributed by atoms with E-state index in [0.29, 0.717) is 11.1 Å². The molecule has 136 valence electrons. The normalized spacial score (nSPS) is 10.1. The molecule has 0 aliphatic carbocycles. The van der Waals surface area contributed by atoms with E-state index in [-0.39, 0.29) is 0 Å². The molecule has 0 spiro atoms. The van der Waals surface area contributed by atoms with Crippen LogP contribution in [-0.2, 0) is 0 Å². The first-order valence-electron chi connectivity index (χ1n) is 9.24. The van der Waals surface area contributed by atoms with E-state index >= 15 is 0 Å². The van der Waals surface area contributed by atoms with E-state index in [9.17, 15) is 0 Å². The average molecular weight is 362 g/mol. The maximum absolute atomic E-state index is 9.13. The molecule has 0 bridgehead atoms. The molecule has 0 heterocycles. The van der Waals surface area contributed by atoms with Gasteiger partial charge in [-0.25, -0.2) is 0 Å². The highest BCUT2D eigenvalue weighted by Gasteiger charge is 1.96. The van der Waals surface area contributed by atoms with Crippen molar-refractivity contribution >= 4 is 24.3 Å². The summed E-state index contributed by atoms with van der Waals surface area (Å²) in [6.45, 7) is 4.00. The van der Waals surface area contributed by atoms with Gasteiger partial charge in [0.1, 0.15) is 0 Å². The highest BCUT2D eigenvalue weighted by atomic mass is 14.2. The standard InChI is InChI=1S/C24H16N2.C2H6/c25-17-22-13-11-20(12-14-22)6-5-19-7-9-21(10-8-19)15-16-23-3-1-2-4-24(23)18-26;1-2/h1-16H;1-2H3/b6-5+,16-15+;. The number of nitriles is 2. The minimum atomic E-state index is 0.663. The van der Waals surface area contributed by atoms with Gasteiger partial charge < -0.3 is 0 Å². The first-order chi connectivity index (χ1) is 13.8. The molecule has 0 atom stereocenters. The average Bonchev–Trinajstić information content (AvgIpc) is 2.79. The van der Waals surface area contributed by atoms with Crippen LogP contribution in [0.2, 0.25) is 0 Å². The summed E-state index contributed by atoms with van der Waals surface area (Å²) < 4.78 is 0. The molecule has 3 aromatic carbocycles. The Morgan fingerprint density at radius 3 is 1.54 bits per heavy atom. The summed E-state index contributed by atoms with van der Waals surface area (Å²) in [7, 11) is 0. The molecule has 0 aliphatic rings. The van der Waals surface area contributed by atoms with Gasteiger partial charge in [-0.15, -0.1) is 0 Å². The number of nitrogens with zero attached hydrogens (tertiary/aromatic N) is 2. The fourth-order valence-electron chi connectivity index (χ4n) is 2.51. The van der Waals surface area contributed by atoms with E-state index in [0.717, 1.165) is 22.3 Å². The van der Waals surface area contributed by atoms with Gasteiger partial charge in [0, 0.05) is 0 Å². The van der Waals surface area contributed by atoms with Crippen molar-refractivity contribution < 1.29 is 0 Å². The first kappa shape index (κ1) is 20.4. The van der Waals surface area contributed by atoms with Gasteiger partial charge in [-0.3, -0.25) is 0 Å². The van der Waals surface area contributed by atoms with E-state index in [1.54, 1.807) is 0 Å². The molecule has 0 saturated carbocycles. The minimum absolute atomic E-state index is 0.663. The minimum Gasteiger partial charge on any atom is -0.192 e. The zero-order valence-electron chi connectivity index (χ0n) is 16.1. The van der Waals surface area contributed by atoms with Crippen LogP contribution in [0, 0.1) is 22.7 Å². The Balaban J connectivity index is 0.00000136. The van der Waals surface area contributed by atoms with Crippen LogP contribution in [0.1, 0.15) is 47.2 Å². The molecule has 2 heteroatoms. The number of hydrogen-bond donors (Lipinski definition) is 0. The van der Waals surface area contributed by atoms with Crippen molar-refractivity contribution in [1.82, 2.24) is 0 Å². The number of rotatable bonds is 4. The summed E-state index contributed by atoms with van der Waals surface area (Å²) in [6, 6.07) is 27.5. The Kier molecular flexibility index (Phi) is 8.00. The lowest BCUT2D eigenvalue weighted by Gasteiger charge is -1.99. The predicted molar refractivity (Wildman–Crippen MR) is 118 cm³/mol. The summed E-state index contributed by atoms with van der Waals surface area (Å²) >= 11 is 0. The second kappa shape index (κ2) is 11.0. The molecule has 3 aromatic rings. The van der Waals surface area contributed by atoms with Crippen molar-refractivity contribution in [2.75, 3.05) is 0 Å². The van der Waals surface area contributed by atoms with Crippen LogP contribution in [0.5, 0.6) is 0 Å². The molecular weight excluding hydrogens is 340 g/mol. The molecule has 0 N–H and O–H groups in total. The largest absolute Gasteiger partial charge is 0.192 e. The van der Waals surface area contributed by atoms with Crippen LogP contribution in [0.4, 0.5) is 0 Å². The molecule has 0 aliphatic heterocycles. The smallest absolute Gasteiger partial charge is 0.0997 e. The fraction of sp³-hybridized carbons (Fsp3) is 0.0769. The zero-order chi connectivity index (χ0) is 20.2. The van der Waals surface area contributed by atoms with Crippen LogP contribution in [0.15, 0.2) is 72.8 Å². The third-order valence-electron chi connectivity index (χ3n) is 3.98. The Bertz CT molecular complexity index is 1030. The molecule has 0 fully saturated rings. The molecule has 0 aromatic heterocycles. The fourth-order valence-corrected chi connectivity index (χ4v) is 2.51. The molecule has 28 heavy (non-hydrogen) atoms. The molecule has 0 saturated heterocycles. The summed E-state index contributed by atoms with van der Waals surface area (Å²) in [5.74, 6) is 0. The van der Waals surface area contributed by atoms with Crippen molar-refractivity contribution in [3.63, 3.8) is 0 Å². The second-order valence-electron chi connectivity index (χ2n) is 5.77. The Labute approximate surface area is 167 Å². The highest BCUT2D eigenvalue weighted by molar-refractivity contribution is 5.74. The Morgan fingerprint density at radius 1 is 0.571 bits per heavy atom. The quantitative estimate of drug-likeness (QED) is 0.479. The number of benzene rings is 3. The molecule has 3 rings (SSSR count). The second-order valence-corrected chi connectivity index (χ2v) is 5.77. The van der Waals surface area contributed by atoms with Gasteiger partial charge >= 0.3 is 0 Å². The van der Waals surface area contributed by atoms with E-state index in [1.165, 1.54) is 0 Å². The predicted octanol–water partition coefficient (Wildman–Crippen LogP) is 6.80. The summed E-state index contributed by atoms with van der Waals surface area (Å²) in [6.07, 6.45) is 8.03. The van der Waals surface area contributed by atoms with E-state index < -0.39 is 0 Å². The van der Waals surface area contributed by atoms with Gasteiger partial charge in [-0.2, -0.15) is 10.5 Å². The maximum Gasteiger partial charge on any atom is 0.0997 e. The first-order valence-corrected chi connectivity index (χ1v) is 9.24. The van der Waals surface area contributed by atoms with Crippen LogP contribution in [0.25, 0.3) is 24.3 Å². The third-order valence-corrected chi connectivity index (χ3v) is 3.98. The van der Waals surface area contributed by atoms with Crippen LogP contribution in [0.3, 0.4) is 0 Å². The van der Waals surface area contributed by atoms with Gasteiger partial charge in [0.25, 0.3) is 0 Å². The molecule has 0 radical (unpaired) electrons. The van der Waals surface area contributed by atoms with Crippen LogP contribution >= 0.6 is 0 Å². The summed E-state index contributed by atoms with van der Waals surface area (Å²) in [5.41, 5.74) is 5.49. The zero-order valence-corrected chi connectivity index (χ0v) is 16.1. The third kappa shape index (κ3) is 5.84.